The lowest BCUT2D eigenvalue weighted by molar-refractivity contribution is -0.0443. The highest BCUT2D eigenvalue weighted by molar-refractivity contribution is 7.99. The summed E-state index contributed by atoms with van der Waals surface area (Å²) in [4.78, 5) is 5.82. The van der Waals surface area contributed by atoms with Crippen LogP contribution in [-0.4, -0.2) is 0 Å². The lowest BCUT2D eigenvalue weighted by atomic mass is 9.42. The van der Waals surface area contributed by atoms with Gasteiger partial charge in [0.15, 0.2) is 0 Å². The summed E-state index contributed by atoms with van der Waals surface area (Å²) in [6.45, 7) is 20.1. The van der Waals surface area contributed by atoms with Gasteiger partial charge >= 0.3 is 0 Å². The van der Waals surface area contributed by atoms with Gasteiger partial charge in [-0.25, -0.2) is 0 Å². The molecule has 2 heteroatoms. The average molecular weight is 782 g/mol. The van der Waals surface area contributed by atoms with Gasteiger partial charge in [0.1, 0.15) is 0 Å². The van der Waals surface area contributed by atoms with Crippen molar-refractivity contribution in [3.05, 3.63) is 137 Å². The maximum atomic E-state index is 2.83. The number of benzene rings is 5. The Morgan fingerprint density at radius 3 is 1.50 bits per heavy atom. The fourth-order valence-electron chi connectivity index (χ4n) is 14.1. The predicted octanol–water partition coefficient (Wildman–Crippen LogP) is 15.7. The molecule has 298 valence electrons. The molecule has 5 aromatic carbocycles. The molecule has 1 spiro atoms. The van der Waals surface area contributed by atoms with Gasteiger partial charge in [-0.15, -0.1) is 0 Å². The second-order valence-corrected chi connectivity index (χ2v) is 23.3. The van der Waals surface area contributed by atoms with E-state index in [1.807, 2.05) is 0 Å². The monoisotopic (exact) mass is 781 g/mol. The second kappa shape index (κ2) is 12.6. The Morgan fingerprint density at radius 2 is 0.948 bits per heavy atom. The van der Waals surface area contributed by atoms with Crippen LogP contribution in [0.5, 0.6) is 0 Å². The molecular weight excluding hydrogens is 719 g/mol. The number of hydrogen-bond donors (Lipinski definition) is 0. The summed E-state index contributed by atoms with van der Waals surface area (Å²) in [6.07, 6.45) is 11.8. The van der Waals surface area contributed by atoms with E-state index in [1.165, 1.54) is 107 Å². The van der Waals surface area contributed by atoms with Crippen molar-refractivity contribution in [2.24, 2.45) is 23.7 Å². The molecule has 0 radical (unpaired) electrons. The molecule has 6 aliphatic carbocycles. The average Bonchev–Trinajstić information content (AvgIpc) is 3.20. The van der Waals surface area contributed by atoms with Crippen LogP contribution < -0.4 is 4.90 Å². The van der Waals surface area contributed by atoms with Crippen LogP contribution in [0.3, 0.4) is 0 Å². The van der Waals surface area contributed by atoms with E-state index in [9.17, 15) is 0 Å². The zero-order valence-electron chi connectivity index (χ0n) is 36.3. The standard InChI is InChI=1S/C56H63NS/c1-52(2)25-27-54(5,6)49-42(52)17-12-20-45(49)57(46-21-13-18-43-50(46)55(7,8)28-26-53(43,3)4)47-22-14-19-44-51(47)58-48-34-38(37-15-10-9-11-16-37)23-24-41(48)56(44)39-30-35-29-36(32-39)33-40(56)31-35/h9-24,34-36,39-40H,25-33H2,1-8H3. The second-order valence-electron chi connectivity index (χ2n) is 22.3. The largest absolute Gasteiger partial charge is 0.309 e. The van der Waals surface area contributed by atoms with E-state index in [2.05, 4.69) is 175 Å². The van der Waals surface area contributed by atoms with Crippen LogP contribution in [0.2, 0.25) is 0 Å². The van der Waals surface area contributed by atoms with Crippen LogP contribution in [0.4, 0.5) is 17.1 Å². The lowest BCUT2D eigenvalue weighted by Gasteiger charge is -2.63. The van der Waals surface area contributed by atoms with Gasteiger partial charge in [-0.05, 0) is 172 Å². The van der Waals surface area contributed by atoms with Crippen molar-refractivity contribution in [3.63, 3.8) is 0 Å². The summed E-state index contributed by atoms with van der Waals surface area (Å²) >= 11 is 2.09. The van der Waals surface area contributed by atoms with E-state index < -0.39 is 0 Å². The normalized spacial score (nSPS) is 28.6. The molecule has 0 atom stereocenters. The van der Waals surface area contributed by atoms with E-state index in [0.29, 0.717) is 11.8 Å². The van der Waals surface area contributed by atoms with Crippen molar-refractivity contribution >= 4 is 28.8 Å². The Balaban J connectivity index is 1.22. The first kappa shape index (κ1) is 37.3. The van der Waals surface area contributed by atoms with Gasteiger partial charge in [0.05, 0.1) is 17.1 Å². The van der Waals surface area contributed by atoms with Gasteiger partial charge in [0.25, 0.3) is 0 Å². The predicted molar refractivity (Wildman–Crippen MR) is 246 cm³/mol. The molecule has 1 nitrogen and oxygen atoms in total. The molecule has 7 aliphatic rings. The number of anilines is 3. The molecule has 1 heterocycles. The first-order valence-electron chi connectivity index (χ1n) is 22.8. The molecule has 0 unspecified atom stereocenters. The Morgan fingerprint density at radius 1 is 0.448 bits per heavy atom. The van der Waals surface area contributed by atoms with Crippen molar-refractivity contribution in [3.8, 4) is 11.1 Å². The molecule has 12 rings (SSSR count). The quantitative estimate of drug-likeness (QED) is 0.179. The van der Waals surface area contributed by atoms with Crippen molar-refractivity contribution in [1.82, 2.24) is 0 Å². The maximum absolute atomic E-state index is 2.83. The van der Waals surface area contributed by atoms with Gasteiger partial charge in [-0.2, -0.15) is 0 Å². The fraction of sp³-hybridized carbons (Fsp3) is 0.464. The van der Waals surface area contributed by atoms with Gasteiger partial charge in [0.2, 0.25) is 0 Å². The highest BCUT2D eigenvalue weighted by Crippen LogP contribution is 2.70. The van der Waals surface area contributed by atoms with E-state index in [1.54, 1.807) is 22.3 Å². The topological polar surface area (TPSA) is 3.24 Å². The third-order valence-corrected chi connectivity index (χ3v) is 18.2. The Bertz CT molecular complexity index is 2350. The summed E-state index contributed by atoms with van der Waals surface area (Å²) < 4.78 is 0. The molecule has 4 saturated carbocycles. The summed E-state index contributed by atoms with van der Waals surface area (Å²) in [6, 6.07) is 41.0. The summed E-state index contributed by atoms with van der Waals surface area (Å²) in [5, 5.41) is 0. The lowest BCUT2D eigenvalue weighted by Crippen LogP contribution is -2.57. The maximum Gasteiger partial charge on any atom is 0.0604 e. The van der Waals surface area contributed by atoms with Crippen LogP contribution in [-0.2, 0) is 27.1 Å². The van der Waals surface area contributed by atoms with Gasteiger partial charge in [0, 0.05) is 15.2 Å². The third-order valence-electron chi connectivity index (χ3n) is 17.0. The van der Waals surface area contributed by atoms with Crippen molar-refractivity contribution in [2.75, 3.05) is 4.90 Å². The highest BCUT2D eigenvalue weighted by atomic mass is 32.2. The van der Waals surface area contributed by atoms with Gasteiger partial charge in [-0.1, -0.05) is 146 Å². The molecule has 0 aromatic heterocycles. The first-order chi connectivity index (χ1) is 27.7. The summed E-state index contributed by atoms with van der Waals surface area (Å²) in [5.74, 6) is 3.20. The van der Waals surface area contributed by atoms with Crippen molar-refractivity contribution in [2.45, 2.75) is 150 Å². The van der Waals surface area contributed by atoms with Crippen LogP contribution in [0.25, 0.3) is 11.1 Å². The van der Waals surface area contributed by atoms with E-state index in [0.717, 1.165) is 11.8 Å². The molecule has 5 aromatic rings. The molecule has 0 saturated heterocycles. The Kier molecular flexibility index (Phi) is 8.12. The molecule has 4 fully saturated rings. The summed E-state index contributed by atoms with van der Waals surface area (Å²) in [5.41, 5.74) is 16.6. The minimum Gasteiger partial charge on any atom is -0.309 e. The zero-order valence-corrected chi connectivity index (χ0v) is 37.2. The van der Waals surface area contributed by atoms with Gasteiger partial charge < -0.3 is 4.90 Å². The highest BCUT2D eigenvalue weighted by Gasteiger charge is 2.61. The van der Waals surface area contributed by atoms with Crippen LogP contribution >= 0.6 is 11.8 Å². The fourth-order valence-corrected chi connectivity index (χ4v) is 15.5. The first-order valence-corrected chi connectivity index (χ1v) is 23.6. The number of nitrogens with zero attached hydrogens (tertiary/aromatic N) is 1. The zero-order chi connectivity index (χ0) is 40.0. The minimum atomic E-state index is 0.0468. The van der Waals surface area contributed by atoms with Gasteiger partial charge in [-0.3, -0.25) is 0 Å². The van der Waals surface area contributed by atoms with E-state index in [-0.39, 0.29) is 27.1 Å². The molecule has 58 heavy (non-hydrogen) atoms. The third kappa shape index (κ3) is 5.28. The Hall–Kier alpha value is -3.75. The van der Waals surface area contributed by atoms with Crippen molar-refractivity contribution < 1.29 is 0 Å². The van der Waals surface area contributed by atoms with Crippen molar-refractivity contribution in [1.29, 1.82) is 0 Å². The Labute approximate surface area is 353 Å². The van der Waals surface area contributed by atoms with E-state index >= 15 is 0 Å². The van der Waals surface area contributed by atoms with E-state index in [4.69, 9.17) is 0 Å². The number of rotatable bonds is 4. The van der Waals surface area contributed by atoms with Crippen LogP contribution in [0.15, 0.2) is 113 Å². The van der Waals surface area contributed by atoms with Crippen LogP contribution in [0, 0.1) is 23.7 Å². The number of fused-ring (bicyclic) bond motifs is 4. The summed E-state index contributed by atoms with van der Waals surface area (Å²) in [7, 11) is 0. The SMILES string of the molecule is CC1(C)CCC(C)(C)c2c(N(c3cccc4c3Sc3cc(-c5ccccc5)ccc3C43C4CC5CC(C4)CC3C5)c3cccc4c3C(C)(C)CCC4(C)C)cccc21. The number of hydrogen-bond acceptors (Lipinski definition) is 2. The molecule has 0 N–H and O–H groups in total. The minimum absolute atomic E-state index is 0.0468. The smallest absolute Gasteiger partial charge is 0.0604 e. The van der Waals surface area contributed by atoms with Crippen LogP contribution in [0.1, 0.15) is 147 Å². The molecular formula is C56H63NS. The molecule has 1 aliphatic heterocycles. The molecule has 4 bridgehead atoms. The molecule has 0 amide bonds.